The van der Waals surface area contributed by atoms with Crippen molar-refractivity contribution in [3.05, 3.63) is 0 Å². The summed E-state index contributed by atoms with van der Waals surface area (Å²) in [6.45, 7) is 4.59. The highest BCUT2D eigenvalue weighted by Crippen LogP contribution is 2.18. The second kappa shape index (κ2) is 32.8. The Bertz CT molecular complexity index is 1030. The van der Waals surface area contributed by atoms with Crippen LogP contribution in [-0.2, 0) is 33.6 Å². The molecule has 14 heteroatoms. The Hall–Kier alpha value is -3.55. The average Bonchev–Trinajstić information content (AvgIpc) is 3.12. The minimum atomic E-state index is -1.67. The molecule has 0 saturated heterocycles. The predicted octanol–water partition coefficient (Wildman–Crippen LogP) is 5.27. The molecule has 0 unspecified atom stereocenters. The third kappa shape index (κ3) is 25.5. The number of nitrogens with zero attached hydrogens (tertiary/aromatic N) is 1. The molecule has 54 heavy (non-hydrogen) atoms. The van der Waals surface area contributed by atoms with E-state index in [1.54, 1.807) is 0 Å². The standard InChI is InChI=1S/C40H74N6O8/c1-3-5-7-9-11-13-15-17-19-24-36(49)44-31(26-28-34(42)47)38(51)46(33(40(53)54)23-21-22-30-41)39(52)32(27-29-35(43)48)45-37(50)25-20-18-16-14-12-10-8-6-4-2/h31-33H,3-30,41H2,1-2H3,(H2,42,47)(H2,43,48)(H,44,49)(H,45,50)(H,53,54)/t31-,32-,33-/m0/s1. The van der Waals surface area contributed by atoms with E-state index in [2.05, 4.69) is 24.5 Å². The van der Waals surface area contributed by atoms with Crippen LogP contribution in [0.4, 0.5) is 0 Å². The number of imide groups is 1. The number of carboxylic acids is 1. The smallest absolute Gasteiger partial charge is 0.326 e. The van der Waals surface area contributed by atoms with Gasteiger partial charge >= 0.3 is 5.97 Å². The van der Waals surface area contributed by atoms with E-state index in [0.717, 1.165) is 51.4 Å². The Morgan fingerprint density at radius 3 is 1.17 bits per heavy atom. The van der Waals surface area contributed by atoms with E-state index in [1.807, 2.05) is 0 Å². The highest BCUT2D eigenvalue weighted by Gasteiger charge is 2.41. The first-order chi connectivity index (χ1) is 25.9. The predicted molar refractivity (Wildman–Crippen MR) is 211 cm³/mol. The molecule has 0 aliphatic heterocycles. The number of amides is 6. The maximum absolute atomic E-state index is 14.3. The zero-order valence-electron chi connectivity index (χ0n) is 33.5. The van der Waals surface area contributed by atoms with Gasteiger partial charge in [0.2, 0.25) is 23.6 Å². The highest BCUT2D eigenvalue weighted by molar-refractivity contribution is 6.05. The molecule has 6 amide bonds. The first kappa shape index (κ1) is 50.5. The molecule has 0 aliphatic rings. The molecule has 0 spiro atoms. The molecule has 312 valence electrons. The number of carbonyl (C=O) groups excluding carboxylic acids is 6. The van der Waals surface area contributed by atoms with Gasteiger partial charge in [-0.15, -0.1) is 0 Å². The van der Waals surface area contributed by atoms with E-state index in [0.29, 0.717) is 24.2 Å². The van der Waals surface area contributed by atoms with Gasteiger partial charge < -0.3 is 32.9 Å². The third-order valence-corrected chi connectivity index (χ3v) is 9.64. The van der Waals surface area contributed by atoms with Gasteiger partial charge in [-0.25, -0.2) is 4.79 Å². The van der Waals surface area contributed by atoms with Crippen LogP contribution in [0.25, 0.3) is 0 Å². The Kier molecular flexibility index (Phi) is 30.7. The molecule has 3 atom stereocenters. The number of carboxylic acid groups (broad SMARTS) is 1. The summed E-state index contributed by atoms with van der Waals surface area (Å²) in [5.74, 6) is -6.03. The minimum Gasteiger partial charge on any atom is -0.480 e. The van der Waals surface area contributed by atoms with E-state index in [1.165, 1.54) is 51.4 Å². The molecule has 0 aliphatic carbocycles. The van der Waals surface area contributed by atoms with Crippen LogP contribution in [0.3, 0.4) is 0 Å². The van der Waals surface area contributed by atoms with Gasteiger partial charge in [0.1, 0.15) is 18.1 Å². The highest BCUT2D eigenvalue weighted by atomic mass is 16.4. The van der Waals surface area contributed by atoms with Crippen LogP contribution in [0.5, 0.6) is 0 Å². The Morgan fingerprint density at radius 1 is 0.500 bits per heavy atom. The fourth-order valence-electron chi connectivity index (χ4n) is 6.41. The summed E-state index contributed by atoms with van der Waals surface area (Å²) >= 11 is 0. The fourth-order valence-corrected chi connectivity index (χ4v) is 6.41. The molecular formula is C40H74N6O8. The Labute approximate surface area is 324 Å². The quantitative estimate of drug-likeness (QED) is 0.0455. The summed E-state index contributed by atoms with van der Waals surface area (Å²) in [6.07, 6.45) is 18.3. The Morgan fingerprint density at radius 2 is 0.852 bits per heavy atom. The van der Waals surface area contributed by atoms with Gasteiger partial charge in [0.05, 0.1) is 0 Å². The Balaban J connectivity index is 6.01. The van der Waals surface area contributed by atoms with Crippen molar-refractivity contribution in [1.82, 2.24) is 15.5 Å². The second-order valence-electron chi connectivity index (χ2n) is 14.6. The van der Waals surface area contributed by atoms with Crippen LogP contribution in [0.1, 0.15) is 187 Å². The van der Waals surface area contributed by atoms with Crippen molar-refractivity contribution >= 4 is 41.4 Å². The van der Waals surface area contributed by atoms with Crippen LogP contribution in [0.2, 0.25) is 0 Å². The van der Waals surface area contributed by atoms with Crippen LogP contribution >= 0.6 is 0 Å². The van der Waals surface area contributed by atoms with Gasteiger partial charge in [-0.05, 0) is 51.5 Å². The summed E-state index contributed by atoms with van der Waals surface area (Å²) < 4.78 is 0. The summed E-state index contributed by atoms with van der Waals surface area (Å²) in [5, 5.41) is 15.5. The molecule has 0 heterocycles. The van der Waals surface area contributed by atoms with Gasteiger partial charge in [-0.3, -0.25) is 33.7 Å². The molecule has 14 nitrogen and oxygen atoms in total. The van der Waals surface area contributed by atoms with Crippen LogP contribution < -0.4 is 27.8 Å². The second-order valence-corrected chi connectivity index (χ2v) is 14.6. The molecule has 0 rings (SSSR count). The number of unbranched alkanes of at least 4 members (excludes halogenated alkanes) is 17. The van der Waals surface area contributed by atoms with E-state index < -0.39 is 59.5 Å². The molecule has 0 radical (unpaired) electrons. The first-order valence-electron chi connectivity index (χ1n) is 20.8. The fraction of sp³-hybridized carbons (Fsp3) is 0.825. The van der Waals surface area contributed by atoms with Crippen molar-refractivity contribution < 1.29 is 38.7 Å². The van der Waals surface area contributed by atoms with Crippen molar-refractivity contribution in [2.24, 2.45) is 17.2 Å². The van der Waals surface area contributed by atoms with Crippen molar-refractivity contribution in [3.63, 3.8) is 0 Å². The van der Waals surface area contributed by atoms with E-state index >= 15 is 0 Å². The van der Waals surface area contributed by atoms with Gasteiger partial charge in [0.25, 0.3) is 11.8 Å². The van der Waals surface area contributed by atoms with E-state index in [4.69, 9.17) is 17.2 Å². The summed E-state index contributed by atoms with van der Waals surface area (Å²) in [5.41, 5.74) is 16.4. The monoisotopic (exact) mass is 767 g/mol. The molecule has 0 aromatic carbocycles. The molecule has 0 fully saturated rings. The van der Waals surface area contributed by atoms with Gasteiger partial charge in [-0.1, -0.05) is 117 Å². The molecule has 0 saturated carbocycles. The number of hydrogen-bond acceptors (Lipinski definition) is 8. The molecule has 0 aromatic rings. The van der Waals surface area contributed by atoms with Crippen molar-refractivity contribution in [2.75, 3.05) is 6.54 Å². The SMILES string of the molecule is CCCCCCCCCCCC(=O)N[C@@H](CCC(N)=O)C(=O)N(C(=O)[C@H](CCC(N)=O)NC(=O)CCCCCCCCCCC)[C@@H](CCCCN)C(=O)O. The number of carbonyl (C=O) groups is 7. The lowest BCUT2D eigenvalue weighted by Gasteiger charge is -2.33. The number of primary amides is 2. The third-order valence-electron chi connectivity index (χ3n) is 9.64. The van der Waals surface area contributed by atoms with Gasteiger partial charge in [0, 0.05) is 25.7 Å². The summed E-state index contributed by atoms with van der Waals surface area (Å²) in [7, 11) is 0. The minimum absolute atomic E-state index is 0.0964. The lowest BCUT2D eigenvalue weighted by Crippen LogP contribution is -2.60. The zero-order chi connectivity index (χ0) is 40.6. The normalized spacial score (nSPS) is 12.7. The van der Waals surface area contributed by atoms with Crippen molar-refractivity contribution in [1.29, 1.82) is 0 Å². The van der Waals surface area contributed by atoms with Gasteiger partial charge in [-0.2, -0.15) is 0 Å². The lowest BCUT2D eigenvalue weighted by molar-refractivity contribution is -0.161. The molecular weight excluding hydrogens is 692 g/mol. The number of nitrogens with two attached hydrogens (primary N) is 3. The molecule has 9 N–H and O–H groups in total. The maximum Gasteiger partial charge on any atom is 0.326 e. The zero-order valence-corrected chi connectivity index (χ0v) is 33.5. The van der Waals surface area contributed by atoms with Crippen LogP contribution in [0, 0.1) is 0 Å². The van der Waals surface area contributed by atoms with E-state index in [9.17, 15) is 38.7 Å². The maximum atomic E-state index is 14.3. The topological polar surface area (TPSA) is 245 Å². The van der Waals surface area contributed by atoms with E-state index in [-0.39, 0.29) is 57.9 Å². The largest absolute Gasteiger partial charge is 0.480 e. The number of rotatable bonds is 36. The molecule has 0 bridgehead atoms. The number of nitrogens with one attached hydrogen (secondary N) is 2. The first-order valence-corrected chi connectivity index (χ1v) is 20.8. The number of hydrogen-bond donors (Lipinski definition) is 6. The summed E-state index contributed by atoms with van der Waals surface area (Å²) in [4.78, 5) is 91.5. The van der Waals surface area contributed by atoms with Crippen LogP contribution in [0.15, 0.2) is 0 Å². The van der Waals surface area contributed by atoms with Crippen molar-refractivity contribution in [3.8, 4) is 0 Å². The van der Waals surface area contributed by atoms with Crippen LogP contribution in [-0.4, -0.2) is 76.1 Å². The number of aliphatic carboxylic acids is 1. The van der Waals surface area contributed by atoms with Gasteiger partial charge in [0.15, 0.2) is 0 Å². The molecule has 0 aromatic heterocycles. The average molecular weight is 767 g/mol. The summed E-state index contributed by atoms with van der Waals surface area (Å²) in [6, 6.07) is -4.57. The lowest BCUT2D eigenvalue weighted by atomic mass is 10.0. The van der Waals surface area contributed by atoms with Crippen molar-refractivity contribution in [2.45, 2.75) is 205 Å².